The molecule has 0 aliphatic heterocycles. The van der Waals surface area contributed by atoms with E-state index in [0.717, 1.165) is 32.5 Å². The maximum absolute atomic E-state index is 11.2. The molecule has 0 fully saturated rings. The fourth-order valence-corrected chi connectivity index (χ4v) is 1.32. The van der Waals surface area contributed by atoms with Gasteiger partial charge in [0.1, 0.15) is 0 Å². The number of hydrogen-bond acceptors (Lipinski definition) is 4. The van der Waals surface area contributed by atoms with Gasteiger partial charge in [-0.05, 0) is 13.0 Å². The molecule has 6 heteroatoms. The summed E-state index contributed by atoms with van der Waals surface area (Å²) in [4.78, 5) is 11.2. The molecule has 0 aromatic carbocycles. The molecule has 0 aliphatic rings. The quantitative estimate of drug-likeness (QED) is 0.433. The predicted molar refractivity (Wildman–Crippen MR) is 76.5 cm³/mol. The monoisotopic (exact) mass is 275 g/mol. The normalized spacial score (nSPS) is 10.4. The minimum absolute atomic E-state index is 0.126. The van der Waals surface area contributed by atoms with Gasteiger partial charge in [0.2, 0.25) is 0 Å². The molecule has 2 amide bonds. The van der Waals surface area contributed by atoms with Crippen molar-refractivity contribution in [3.05, 3.63) is 0 Å². The van der Waals surface area contributed by atoms with Crippen LogP contribution in [0.3, 0.4) is 0 Å². The molecular weight excluding hydrogens is 246 g/mol. The number of likely N-dealkylation sites (N-methyl/N-ethyl adjacent to an activating group) is 1. The van der Waals surface area contributed by atoms with Crippen molar-refractivity contribution in [2.75, 3.05) is 52.6 Å². The SMILES string of the molecule is CCCCNC(=O)NCCOCCOCCNCC. The van der Waals surface area contributed by atoms with Gasteiger partial charge in [0.05, 0.1) is 26.4 Å². The van der Waals surface area contributed by atoms with Gasteiger partial charge in [0.15, 0.2) is 0 Å². The number of amides is 2. The van der Waals surface area contributed by atoms with Crippen molar-refractivity contribution < 1.29 is 14.3 Å². The van der Waals surface area contributed by atoms with Crippen molar-refractivity contribution in [1.29, 1.82) is 0 Å². The summed E-state index contributed by atoms with van der Waals surface area (Å²) in [5, 5.41) is 8.68. The molecule has 6 nitrogen and oxygen atoms in total. The molecule has 0 rings (SSSR count). The molecule has 0 radical (unpaired) electrons. The van der Waals surface area contributed by atoms with Crippen molar-refractivity contribution in [3.63, 3.8) is 0 Å². The number of rotatable bonds is 13. The second kappa shape index (κ2) is 15.2. The predicted octanol–water partition coefficient (Wildman–Crippen LogP) is 0.728. The zero-order valence-corrected chi connectivity index (χ0v) is 12.3. The first-order chi connectivity index (χ1) is 9.31. The van der Waals surface area contributed by atoms with Crippen molar-refractivity contribution in [2.24, 2.45) is 0 Å². The molecule has 0 saturated heterocycles. The lowest BCUT2D eigenvalue weighted by Crippen LogP contribution is -2.37. The van der Waals surface area contributed by atoms with Crippen molar-refractivity contribution >= 4 is 6.03 Å². The summed E-state index contributed by atoms with van der Waals surface area (Å²) in [5.74, 6) is 0. The summed E-state index contributed by atoms with van der Waals surface area (Å²) >= 11 is 0. The average molecular weight is 275 g/mol. The number of unbranched alkanes of at least 4 members (excludes halogenated alkanes) is 1. The van der Waals surface area contributed by atoms with Crippen molar-refractivity contribution in [1.82, 2.24) is 16.0 Å². The Morgan fingerprint density at radius 2 is 1.53 bits per heavy atom. The molecule has 0 aliphatic carbocycles. The number of hydrogen-bond donors (Lipinski definition) is 3. The van der Waals surface area contributed by atoms with E-state index in [1.165, 1.54) is 0 Å². The Morgan fingerprint density at radius 3 is 2.16 bits per heavy atom. The van der Waals surface area contributed by atoms with Crippen LogP contribution in [0.5, 0.6) is 0 Å². The number of nitrogens with one attached hydrogen (secondary N) is 3. The summed E-state index contributed by atoms with van der Waals surface area (Å²) in [7, 11) is 0. The first-order valence-electron chi connectivity index (χ1n) is 7.19. The Balaban J connectivity index is 3.07. The minimum atomic E-state index is -0.126. The lowest BCUT2D eigenvalue weighted by Gasteiger charge is -2.08. The van der Waals surface area contributed by atoms with Crippen LogP contribution >= 0.6 is 0 Å². The van der Waals surface area contributed by atoms with E-state index in [4.69, 9.17) is 9.47 Å². The number of ether oxygens (including phenoxy) is 2. The van der Waals surface area contributed by atoms with E-state index in [0.29, 0.717) is 33.0 Å². The third-order valence-electron chi connectivity index (χ3n) is 2.39. The lowest BCUT2D eigenvalue weighted by molar-refractivity contribution is 0.0506. The molecule has 0 saturated carbocycles. The van der Waals surface area contributed by atoms with Gasteiger partial charge in [-0.1, -0.05) is 20.3 Å². The summed E-state index contributed by atoms with van der Waals surface area (Å²) in [6, 6.07) is -0.126. The highest BCUT2D eigenvalue weighted by Crippen LogP contribution is 1.82. The van der Waals surface area contributed by atoms with Crippen LogP contribution in [0.1, 0.15) is 26.7 Å². The van der Waals surface area contributed by atoms with Crippen LogP contribution in [0.25, 0.3) is 0 Å². The van der Waals surface area contributed by atoms with Crippen LogP contribution in [-0.4, -0.2) is 58.6 Å². The lowest BCUT2D eigenvalue weighted by atomic mass is 10.3. The second-order valence-electron chi connectivity index (χ2n) is 4.11. The Bertz CT molecular complexity index is 204. The van der Waals surface area contributed by atoms with Crippen LogP contribution in [0, 0.1) is 0 Å². The number of urea groups is 1. The second-order valence-corrected chi connectivity index (χ2v) is 4.11. The largest absolute Gasteiger partial charge is 0.378 e. The zero-order valence-electron chi connectivity index (χ0n) is 12.3. The average Bonchev–Trinajstić information content (AvgIpc) is 2.41. The van der Waals surface area contributed by atoms with Gasteiger partial charge in [-0.25, -0.2) is 4.79 Å². The molecular formula is C13H29N3O3. The molecule has 0 atom stereocenters. The topological polar surface area (TPSA) is 71.6 Å². The molecule has 0 heterocycles. The van der Waals surface area contributed by atoms with Gasteiger partial charge in [-0.15, -0.1) is 0 Å². The Labute approximate surface area is 116 Å². The van der Waals surface area contributed by atoms with Crippen LogP contribution in [0.15, 0.2) is 0 Å². The van der Waals surface area contributed by atoms with E-state index >= 15 is 0 Å². The van der Waals surface area contributed by atoms with Gasteiger partial charge < -0.3 is 25.4 Å². The highest BCUT2D eigenvalue weighted by Gasteiger charge is 1.97. The molecule has 0 bridgehead atoms. The van der Waals surface area contributed by atoms with Crippen LogP contribution < -0.4 is 16.0 Å². The molecule has 3 N–H and O–H groups in total. The van der Waals surface area contributed by atoms with Crippen molar-refractivity contribution in [3.8, 4) is 0 Å². The first kappa shape index (κ1) is 18.1. The standard InChI is InChI=1S/C13H29N3O3/c1-3-5-6-15-13(17)16-8-10-19-12-11-18-9-7-14-4-2/h14H,3-12H2,1-2H3,(H2,15,16,17). The molecule has 0 aromatic heterocycles. The van der Waals surface area contributed by atoms with E-state index in [9.17, 15) is 4.79 Å². The van der Waals surface area contributed by atoms with Gasteiger partial charge in [-0.2, -0.15) is 0 Å². The summed E-state index contributed by atoms with van der Waals surface area (Å²) in [6.45, 7) is 9.61. The number of carbonyl (C=O) groups is 1. The smallest absolute Gasteiger partial charge is 0.314 e. The molecule has 114 valence electrons. The molecule has 0 spiro atoms. The Hall–Kier alpha value is -0.850. The molecule has 19 heavy (non-hydrogen) atoms. The van der Waals surface area contributed by atoms with E-state index in [1.807, 2.05) is 0 Å². The Morgan fingerprint density at radius 1 is 0.895 bits per heavy atom. The fourth-order valence-electron chi connectivity index (χ4n) is 1.32. The fraction of sp³-hybridized carbons (Fsp3) is 0.923. The van der Waals surface area contributed by atoms with E-state index in [1.54, 1.807) is 0 Å². The summed E-state index contributed by atoms with van der Waals surface area (Å²) in [6.07, 6.45) is 2.09. The highest BCUT2D eigenvalue weighted by atomic mass is 16.5. The van der Waals surface area contributed by atoms with E-state index in [2.05, 4.69) is 29.8 Å². The maximum Gasteiger partial charge on any atom is 0.314 e. The van der Waals surface area contributed by atoms with Gasteiger partial charge in [0.25, 0.3) is 0 Å². The molecule has 0 unspecified atom stereocenters. The van der Waals surface area contributed by atoms with E-state index < -0.39 is 0 Å². The van der Waals surface area contributed by atoms with Crippen molar-refractivity contribution in [2.45, 2.75) is 26.7 Å². The third kappa shape index (κ3) is 15.1. The minimum Gasteiger partial charge on any atom is -0.378 e. The number of carbonyl (C=O) groups excluding carboxylic acids is 1. The van der Waals surface area contributed by atoms with Gasteiger partial charge in [-0.3, -0.25) is 0 Å². The van der Waals surface area contributed by atoms with Gasteiger partial charge in [0, 0.05) is 19.6 Å². The van der Waals surface area contributed by atoms with Crippen LogP contribution in [0.2, 0.25) is 0 Å². The summed E-state index contributed by atoms with van der Waals surface area (Å²) in [5.41, 5.74) is 0. The first-order valence-corrected chi connectivity index (χ1v) is 7.19. The Kier molecular flexibility index (Phi) is 14.5. The van der Waals surface area contributed by atoms with Crippen LogP contribution in [-0.2, 0) is 9.47 Å². The maximum atomic E-state index is 11.2. The van der Waals surface area contributed by atoms with Crippen LogP contribution in [0.4, 0.5) is 4.79 Å². The van der Waals surface area contributed by atoms with Gasteiger partial charge >= 0.3 is 6.03 Å². The third-order valence-corrected chi connectivity index (χ3v) is 2.39. The molecule has 0 aromatic rings. The highest BCUT2D eigenvalue weighted by molar-refractivity contribution is 5.73. The zero-order chi connectivity index (χ0) is 14.2. The van der Waals surface area contributed by atoms with E-state index in [-0.39, 0.29) is 6.03 Å². The summed E-state index contributed by atoms with van der Waals surface area (Å²) < 4.78 is 10.7.